The van der Waals surface area contributed by atoms with Crippen molar-refractivity contribution in [3.8, 4) is 39.8 Å². The van der Waals surface area contributed by atoms with Crippen molar-refractivity contribution in [2.75, 3.05) is 7.11 Å². The van der Waals surface area contributed by atoms with E-state index in [2.05, 4.69) is 30.1 Å². The first-order valence-corrected chi connectivity index (χ1v) is 14.8. The fraction of sp³-hybridized carbons (Fsp3) is 0.281. The second kappa shape index (κ2) is 10.6. The van der Waals surface area contributed by atoms with Gasteiger partial charge in [-0.15, -0.1) is 0 Å². The maximum atomic E-state index is 14.0. The highest BCUT2D eigenvalue weighted by molar-refractivity contribution is 5.82. The molecule has 0 bridgehead atoms. The Hall–Kier alpha value is -5.40. The third-order valence-electron chi connectivity index (χ3n) is 8.37. The zero-order chi connectivity index (χ0) is 31.6. The van der Waals surface area contributed by atoms with Gasteiger partial charge in [-0.1, -0.05) is 24.3 Å². The van der Waals surface area contributed by atoms with E-state index in [1.165, 1.54) is 13.4 Å². The van der Waals surface area contributed by atoms with Crippen molar-refractivity contribution in [1.29, 1.82) is 0 Å². The van der Waals surface area contributed by atoms with Crippen molar-refractivity contribution in [1.82, 2.24) is 44.3 Å². The van der Waals surface area contributed by atoms with Gasteiger partial charge in [0.15, 0.2) is 11.5 Å². The number of hydrogen-bond acceptors (Lipinski definition) is 8. The summed E-state index contributed by atoms with van der Waals surface area (Å²) in [6.07, 6.45) is 6.52. The quantitative estimate of drug-likeness (QED) is 0.225. The monoisotopic (exact) mass is 625 g/mol. The Kier molecular flexibility index (Phi) is 6.48. The molecule has 0 spiro atoms. The number of alkyl halides is 3. The van der Waals surface area contributed by atoms with Crippen LogP contribution in [0.4, 0.5) is 13.2 Å². The highest BCUT2D eigenvalue weighted by Crippen LogP contribution is 2.45. The predicted molar refractivity (Wildman–Crippen MR) is 161 cm³/mol. The molecule has 1 N–H and O–H groups in total. The van der Waals surface area contributed by atoms with E-state index in [9.17, 15) is 18.0 Å². The fourth-order valence-corrected chi connectivity index (χ4v) is 5.76. The van der Waals surface area contributed by atoms with Crippen LogP contribution in [0.25, 0.3) is 44.9 Å². The minimum Gasteiger partial charge on any atom is -0.480 e. The van der Waals surface area contributed by atoms with E-state index in [1.54, 1.807) is 58.1 Å². The molecular formula is C32H26F3N9O2. The zero-order valence-electron chi connectivity index (χ0n) is 24.5. The second-order valence-electron chi connectivity index (χ2n) is 11.6. The van der Waals surface area contributed by atoms with E-state index >= 15 is 0 Å². The molecule has 5 aromatic heterocycles. The summed E-state index contributed by atoms with van der Waals surface area (Å²) in [7, 11) is 1.53. The molecule has 11 nitrogen and oxygen atoms in total. The predicted octanol–water partition coefficient (Wildman–Crippen LogP) is 5.79. The number of nitrogens with one attached hydrogen (secondary N) is 1. The molecule has 8 rings (SSSR count). The molecule has 0 saturated heterocycles. The van der Waals surface area contributed by atoms with Gasteiger partial charge in [-0.25, -0.2) is 24.9 Å². The van der Waals surface area contributed by atoms with E-state index in [4.69, 9.17) is 9.72 Å². The summed E-state index contributed by atoms with van der Waals surface area (Å²) in [5.74, 6) is 1.24. The van der Waals surface area contributed by atoms with E-state index in [-0.39, 0.29) is 29.9 Å². The average molecular weight is 626 g/mol. The Morgan fingerprint density at radius 1 is 1.00 bits per heavy atom. The SMILES string of the molecule is COc1ncnc(C2CC2)c1-c1ncc2cc(-c3cn[nH]c3)c(=O)n(Cc3ccc(-c4nc(C(F)(F)F)cn4C4CC4)cc3)c2n1. The van der Waals surface area contributed by atoms with Gasteiger partial charge in [0, 0.05) is 47.1 Å². The van der Waals surface area contributed by atoms with E-state index in [0.717, 1.165) is 43.1 Å². The van der Waals surface area contributed by atoms with Crippen LogP contribution in [0.15, 0.2) is 66.2 Å². The number of benzene rings is 1. The first-order chi connectivity index (χ1) is 22.3. The lowest BCUT2D eigenvalue weighted by atomic mass is 10.1. The van der Waals surface area contributed by atoms with Crippen LogP contribution in [0.1, 0.15) is 54.6 Å². The van der Waals surface area contributed by atoms with Gasteiger partial charge in [0.05, 0.1) is 31.1 Å². The van der Waals surface area contributed by atoms with Gasteiger partial charge in [-0.2, -0.15) is 18.3 Å². The lowest BCUT2D eigenvalue weighted by Crippen LogP contribution is -2.23. The maximum absolute atomic E-state index is 14.0. The summed E-state index contributed by atoms with van der Waals surface area (Å²) in [4.78, 5) is 36.3. The van der Waals surface area contributed by atoms with Crippen LogP contribution in [-0.4, -0.2) is 51.4 Å². The fourth-order valence-electron chi connectivity index (χ4n) is 5.76. The van der Waals surface area contributed by atoms with Crippen LogP contribution in [0, 0.1) is 0 Å². The highest BCUT2D eigenvalue weighted by atomic mass is 19.4. The summed E-state index contributed by atoms with van der Waals surface area (Å²) < 4.78 is 49.2. The molecule has 5 heterocycles. The number of imidazole rings is 1. The van der Waals surface area contributed by atoms with Gasteiger partial charge >= 0.3 is 6.18 Å². The molecule has 2 fully saturated rings. The number of fused-ring (bicyclic) bond motifs is 1. The van der Waals surface area contributed by atoms with Crippen LogP contribution >= 0.6 is 0 Å². The van der Waals surface area contributed by atoms with E-state index in [1.807, 2.05) is 0 Å². The number of nitrogens with zero attached hydrogens (tertiary/aromatic N) is 8. The summed E-state index contributed by atoms with van der Waals surface area (Å²) >= 11 is 0. The number of halogens is 3. The Balaban J connectivity index is 1.23. The number of H-pyrrole nitrogens is 1. The van der Waals surface area contributed by atoms with Crippen LogP contribution in [0.2, 0.25) is 0 Å². The largest absolute Gasteiger partial charge is 0.480 e. The summed E-state index contributed by atoms with van der Waals surface area (Å²) in [6, 6.07) is 8.80. The van der Waals surface area contributed by atoms with Gasteiger partial charge in [0.1, 0.15) is 23.4 Å². The number of ether oxygens (including phenoxy) is 1. The average Bonchev–Trinajstić information content (AvgIpc) is 3.99. The molecule has 0 unspecified atom stereocenters. The smallest absolute Gasteiger partial charge is 0.434 e. The molecule has 232 valence electrons. The van der Waals surface area contributed by atoms with E-state index in [0.29, 0.717) is 45.0 Å². The molecule has 6 aromatic rings. The standard InChI is InChI=1S/C32H26F3N9O2/c1-46-30-25(26(18-6-7-18)37-16-38-30)27-36-11-20-10-23(21-12-39-40-13-21)31(45)44(29(20)42-27)14-17-2-4-19(5-3-17)28-41-24(32(33,34)35)15-43(28)22-8-9-22/h2-5,10-13,15-16,18,22H,6-9,14H2,1H3,(H,39,40). The molecule has 1 aromatic carbocycles. The topological polar surface area (TPSA) is 129 Å². The van der Waals surface area contributed by atoms with Gasteiger partial charge in [0.25, 0.3) is 5.56 Å². The summed E-state index contributed by atoms with van der Waals surface area (Å²) in [5.41, 5.74) is 2.94. The molecule has 0 radical (unpaired) electrons. The van der Waals surface area contributed by atoms with Crippen molar-refractivity contribution in [3.05, 3.63) is 88.8 Å². The van der Waals surface area contributed by atoms with Gasteiger partial charge in [-0.05, 0) is 37.3 Å². The molecule has 14 heteroatoms. The summed E-state index contributed by atoms with van der Waals surface area (Å²) in [6.45, 7) is 0.139. The molecule has 46 heavy (non-hydrogen) atoms. The molecule has 0 aliphatic heterocycles. The Morgan fingerprint density at radius 2 is 1.80 bits per heavy atom. The molecule has 2 aliphatic carbocycles. The Labute approximate surface area is 259 Å². The van der Waals surface area contributed by atoms with Gasteiger partial charge < -0.3 is 9.30 Å². The third kappa shape index (κ3) is 4.99. The molecular weight excluding hydrogens is 599 g/mol. The van der Waals surface area contributed by atoms with Gasteiger partial charge in [0.2, 0.25) is 5.88 Å². The van der Waals surface area contributed by atoms with Gasteiger partial charge in [-0.3, -0.25) is 14.5 Å². The van der Waals surface area contributed by atoms with Crippen LogP contribution < -0.4 is 10.3 Å². The summed E-state index contributed by atoms with van der Waals surface area (Å²) in [5, 5.41) is 7.39. The van der Waals surface area contributed by atoms with Crippen molar-refractivity contribution in [2.45, 2.75) is 50.4 Å². The number of methoxy groups -OCH3 is 1. The van der Waals surface area contributed by atoms with Crippen LogP contribution in [0.5, 0.6) is 5.88 Å². The minimum absolute atomic E-state index is 0.0110. The molecule has 2 aliphatic rings. The third-order valence-corrected chi connectivity index (χ3v) is 8.37. The molecule has 2 saturated carbocycles. The number of rotatable bonds is 8. The van der Waals surface area contributed by atoms with Crippen molar-refractivity contribution in [2.24, 2.45) is 0 Å². The maximum Gasteiger partial charge on any atom is 0.434 e. The van der Waals surface area contributed by atoms with Crippen molar-refractivity contribution >= 4 is 11.0 Å². The van der Waals surface area contributed by atoms with E-state index < -0.39 is 11.9 Å². The number of aromatic nitrogens is 9. The number of hydrogen-bond donors (Lipinski definition) is 1. The minimum atomic E-state index is -4.53. The first-order valence-electron chi connectivity index (χ1n) is 14.8. The lowest BCUT2D eigenvalue weighted by Gasteiger charge is -2.15. The van der Waals surface area contributed by atoms with Crippen LogP contribution in [-0.2, 0) is 12.7 Å². The van der Waals surface area contributed by atoms with Crippen molar-refractivity contribution in [3.63, 3.8) is 0 Å². The number of aromatic amines is 1. The molecule has 0 amide bonds. The number of pyridine rings is 1. The zero-order valence-corrected chi connectivity index (χ0v) is 24.5. The lowest BCUT2D eigenvalue weighted by molar-refractivity contribution is -0.140. The Bertz CT molecular complexity index is 2150. The Morgan fingerprint density at radius 3 is 2.48 bits per heavy atom. The molecule has 0 atom stereocenters. The highest BCUT2D eigenvalue weighted by Gasteiger charge is 2.37. The van der Waals surface area contributed by atoms with Crippen molar-refractivity contribution < 1.29 is 17.9 Å². The van der Waals surface area contributed by atoms with Crippen LogP contribution in [0.3, 0.4) is 0 Å². The normalized spacial score (nSPS) is 15.0. The first kappa shape index (κ1) is 28.1. The second-order valence-corrected chi connectivity index (χ2v) is 11.6.